The van der Waals surface area contributed by atoms with Gasteiger partial charge in [-0.25, -0.2) is 9.97 Å². The van der Waals surface area contributed by atoms with Crippen molar-refractivity contribution < 1.29 is 0 Å². The van der Waals surface area contributed by atoms with Crippen LogP contribution in [-0.4, -0.2) is 16.2 Å². The van der Waals surface area contributed by atoms with E-state index in [-0.39, 0.29) is 5.41 Å². The number of hydrogen-bond donors (Lipinski definition) is 0. The Balaban J connectivity index is 2.78. The molecule has 0 spiro atoms. The molecule has 0 N–H and O–H groups in total. The molecule has 84 valence electrons. The van der Waals surface area contributed by atoms with Crippen LogP contribution in [0.2, 0.25) is 0 Å². The zero-order chi connectivity index (χ0) is 11.8. The van der Waals surface area contributed by atoms with Gasteiger partial charge in [-0.15, -0.1) is 0 Å². The van der Waals surface area contributed by atoms with Crippen LogP contribution >= 0.6 is 0 Å². The summed E-state index contributed by atoms with van der Waals surface area (Å²) in [5.41, 5.74) is 1.01. The van der Waals surface area contributed by atoms with E-state index in [1.54, 1.807) is 6.33 Å². The fourth-order valence-electron chi connectivity index (χ4n) is 1.82. The Hall–Kier alpha value is -1.51. The summed E-state index contributed by atoms with van der Waals surface area (Å²) in [6, 6.07) is 0. The molecule has 0 bridgehead atoms. The van der Waals surface area contributed by atoms with E-state index in [1.807, 2.05) is 12.4 Å². The largest absolute Gasteiger partial charge is 0.267 e. The van der Waals surface area contributed by atoms with E-state index in [2.05, 4.69) is 48.7 Å². The molecule has 0 fully saturated rings. The molecule has 0 radical (unpaired) electrons. The van der Waals surface area contributed by atoms with Gasteiger partial charge in [-0.2, -0.15) is 0 Å². The van der Waals surface area contributed by atoms with Gasteiger partial charge in [0.15, 0.2) is 0 Å². The van der Waals surface area contributed by atoms with Gasteiger partial charge in [-0.3, -0.25) is 4.99 Å². The van der Waals surface area contributed by atoms with E-state index in [4.69, 9.17) is 0 Å². The number of rotatable bonds is 1. The Morgan fingerprint density at radius 2 is 1.94 bits per heavy atom. The predicted molar refractivity (Wildman–Crippen MR) is 66.6 cm³/mol. The Morgan fingerprint density at radius 1 is 1.19 bits per heavy atom. The molecule has 0 aliphatic carbocycles. The second kappa shape index (κ2) is 3.81. The lowest BCUT2D eigenvalue weighted by molar-refractivity contribution is 0.736. The lowest BCUT2D eigenvalue weighted by Gasteiger charge is -2.11. The van der Waals surface area contributed by atoms with Crippen LogP contribution < -0.4 is 10.6 Å². The van der Waals surface area contributed by atoms with Gasteiger partial charge in [-0.05, 0) is 12.0 Å². The van der Waals surface area contributed by atoms with Gasteiger partial charge >= 0.3 is 0 Å². The van der Waals surface area contributed by atoms with Crippen molar-refractivity contribution >= 4 is 18.5 Å². The van der Waals surface area contributed by atoms with Crippen LogP contribution in [0.25, 0.3) is 12.3 Å². The smallest absolute Gasteiger partial charge is 0.116 e. The summed E-state index contributed by atoms with van der Waals surface area (Å²) in [4.78, 5) is 13.0. The predicted octanol–water partition coefficient (Wildman–Crippen LogP) is 1.23. The zero-order valence-corrected chi connectivity index (χ0v) is 10.2. The van der Waals surface area contributed by atoms with Crippen molar-refractivity contribution in [3.8, 4) is 0 Å². The van der Waals surface area contributed by atoms with Gasteiger partial charge < -0.3 is 0 Å². The fraction of sp³-hybridized carbons (Fsp3) is 0.462. The maximum Gasteiger partial charge on any atom is 0.116 e. The minimum Gasteiger partial charge on any atom is -0.267 e. The molecule has 3 nitrogen and oxygen atoms in total. The molecular formula is C13H17N3. The van der Waals surface area contributed by atoms with Crippen molar-refractivity contribution in [3.05, 3.63) is 22.6 Å². The average molecular weight is 215 g/mol. The molecule has 2 heterocycles. The summed E-state index contributed by atoms with van der Waals surface area (Å²) >= 11 is 0. The molecule has 1 aliphatic heterocycles. The first-order valence-corrected chi connectivity index (χ1v) is 5.58. The monoisotopic (exact) mass is 215 g/mol. The van der Waals surface area contributed by atoms with E-state index in [0.29, 0.717) is 5.92 Å². The number of hydrogen-bond acceptors (Lipinski definition) is 3. The Morgan fingerprint density at radius 3 is 2.62 bits per heavy atom. The summed E-state index contributed by atoms with van der Waals surface area (Å²) in [7, 11) is 0. The van der Waals surface area contributed by atoms with Gasteiger partial charge in [0.1, 0.15) is 6.33 Å². The molecule has 0 unspecified atom stereocenters. The van der Waals surface area contributed by atoms with Crippen LogP contribution in [0.4, 0.5) is 0 Å². The second-order valence-electron chi connectivity index (χ2n) is 5.09. The van der Waals surface area contributed by atoms with Crippen molar-refractivity contribution in [3.63, 3.8) is 0 Å². The van der Waals surface area contributed by atoms with Crippen LogP contribution in [-0.2, 0) is 0 Å². The van der Waals surface area contributed by atoms with E-state index in [1.165, 1.54) is 0 Å². The third-order valence-corrected chi connectivity index (χ3v) is 2.61. The summed E-state index contributed by atoms with van der Waals surface area (Å²) in [5, 5.41) is 2.04. The van der Waals surface area contributed by atoms with Crippen molar-refractivity contribution in [2.75, 3.05) is 0 Å². The molecule has 0 amide bonds. The lowest BCUT2D eigenvalue weighted by atomic mass is 9.94. The number of aromatic nitrogens is 2. The summed E-state index contributed by atoms with van der Waals surface area (Å²) in [5.74, 6) is 0.387. The van der Waals surface area contributed by atoms with Gasteiger partial charge in [0, 0.05) is 23.0 Å². The van der Waals surface area contributed by atoms with Crippen LogP contribution in [0.3, 0.4) is 0 Å². The van der Waals surface area contributed by atoms with Crippen LogP contribution in [0.15, 0.2) is 11.3 Å². The highest BCUT2D eigenvalue weighted by molar-refractivity contribution is 5.76. The van der Waals surface area contributed by atoms with Gasteiger partial charge in [0.2, 0.25) is 0 Å². The quantitative estimate of drug-likeness (QED) is 0.706. The Bertz CT molecular complexity index is 539. The maximum absolute atomic E-state index is 4.35. The van der Waals surface area contributed by atoms with Crippen molar-refractivity contribution in [1.29, 1.82) is 0 Å². The average Bonchev–Trinajstić information content (AvgIpc) is 2.33. The molecule has 16 heavy (non-hydrogen) atoms. The fourth-order valence-corrected chi connectivity index (χ4v) is 1.82. The number of fused-ring (bicyclic) bond motifs is 1. The molecule has 0 atom stereocenters. The SMILES string of the molecule is CC(C)c1ncnc2c1=CN=CC(C)(C)C=2. The molecule has 0 aromatic carbocycles. The van der Waals surface area contributed by atoms with Gasteiger partial charge in [0.25, 0.3) is 0 Å². The first kappa shape index (κ1) is 11.0. The third-order valence-electron chi connectivity index (χ3n) is 2.61. The number of nitrogens with zero attached hydrogens (tertiary/aromatic N) is 3. The van der Waals surface area contributed by atoms with Crippen molar-refractivity contribution in [2.24, 2.45) is 10.4 Å². The van der Waals surface area contributed by atoms with E-state index < -0.39 is 0 Å². The van der Waals surface area contributed by atoms with Crippen LogP contribution in [0.1, 0.15) is 39.3 Å². The highest BCUT2D eigenvalue weighted by Gasteiger charge is 2.14. The molecule has 1 aliphatic rings. The molecular weight excluding hydrogens is 198 g/mol. The van der Waals surface area contributed by atoms with Crippen LogP contribution in [0, 0.1) is 5.41 Å². The summed E-state index contributed by atoms with van der Waals surface area (Å²) < 4.78 is 0. The minimum atomic E-state index is -0.0512. The standard InChI is InChI=1S/C13H17N3/c1-9(2)12-10-6-14-7-13(3,4)5-11(10)15-8-16-12/h5-9H,1-4H3. The zero-order valence-electron chi connectivity index (χ0n) is 10.2. The first-order valence-electron chi connectivity index (χ1n) is 5.58. The second-order valence-corrected chi connectivity index (χ2v) is 5.09. The summed E-state index contributed by atoms with van der Waals surface area (Å²) in [6.07, 6.45) is 7.59. The van der Waals surface area contributed by atoms with Crippen molar-refractivity contribution in [1.82, 2.24) is 9.97 Å². The van der Waals surface area contributed by atoms with E-state index in [0.717, 1.165) is 16.3 Å². The Labute approximate surface area is 95.7 Å². The maximum atomic E-state index is 4.35. The summed E-state index contributed by atoms with van der Waals surface area (Å²) in [6.45, 7) is 8.51. The normalized spacial score (nSPS) is 17.3. The lowest BCUT2D eigenvalue weighted by Crippen LogP contribution is -2.34. The molecule has 2 rings (SSSR count). The topological polar surface area (TPSA) is 38.1 Å². The number of aliphatic imine (C=N–C) groups is 1. The first-order chi connectivity index (χ1) is 7.49. The minimum absolute atomic E-state index is 0.0512. The molecule has 0 saturated heterocycles. The molecule has 1 aromatic heterocycles. The Kier molecular flexibility index (Phi) is 2.62. The van der Waals surface area contributed by atoms with E-state index in [9.17, 15) is 0 Å². The van der Waals surface area contributed by atoms with Gasteiger partial charge in [-0.1, -0.05) is 27.7 Å². The molecule has 1 aromatic rings. The van der Waals surface area contributed by atoms with Gasteiger partial charge in [0.05, 0.1) is 11.0 Å². The third kappa shape index (κ3) is 2.03. The highest BCUT2D eigenvalue weighted by Crippen LogP contribution is 2.14. The molecule has 0 saturated carbocycles. The van der Waals surface area contributed by atoms with Crippen LogP contribution in [0.5, 0.6) is 0 Å². The highest BCUT2D eigenvalue weighted by atomic mass is 14.8. The van der Waals surface area contributed by atoms with Crippen molar-refractivity contribution in [2.45, 2.75) is 33.6 Å². The van der Waals surface area contributed by atoms with E-state index >= 15 is 0 Å². The molecule has 3 heteroatoms.